The third-order valence-corrected chi connectivity index (χ3v) is 4.03. The Hall–Kier alpha value is -1.52. The molecule has 2 aromatic rings. The molecular formula is C15H20ClN3O. The molecule has 0 saturated carbocycles. The van der Waals surface area contributed by atoms with Crippen LogP contribution in [-0.2, 0) is 13.5 Å². The first-order valence-corrected chi connectivity index (χ1v) is 6.90. The van der Waals surface area contributed by atoms with Gasteiger partial charge in [0.1, 0.15) is 10.9 Å². The Morgan fingerprint density at radius 3 is 2.65 bits per heavy atom. The predicted molar refractivity (Wildman–Crippen MR) is 81.3 cm³/mol. The fourth-order valence-electron chi connectivity index (χ4n) is 2.31. The van der Waals surface area contributed by atoms with Crippen molar-refractivity contribution < 1.29 is 4.74 Å². The molecule has 0 radical (unpaired) electrons. The summed E-state index contributed by atoms with van der Waals surface area (Å²) in [6.07, 6.45) is 0.657. The first kappa shape index (κ1) is 14.9. The van der Waals surface area contributed by atoms with E-state index in [-0.39, 0.29) is 6.04 Å². The van der Waals surface area contributed by atoms with E-state index in [1.165, 1.54) is 0 Å². The summed E-state index contributed by atoms with van der Waals surface area (Å²) < 4.78 is 7.01. The van der Waals surface area contributed by atoms with Crippen LogP contribution in [-0.4, -0.2) is 16.9 Å². The number of aryl methyl sites for hydroxylation is 3. The van der Waals surface area contributed by atoms with Gasteiger partial charge in [0.25, 0.3) is 0 Å². The lowest BCUT2D eigenvalue weighted by molar-refractivity contribution is 0.410. The maximum Gasteiger partial charge on any atom is 0.130 e. The molecular weight excluding hydrogens is 274 g/mol. The molecule has 1 atom stereocenters. The summed E-state index contributed by atoms with van der Waals surface area (Å²) >= 11 is 6.25. The summed E-state index contributed by atoms with van der Waals surface area (Å²) in [7, 11) is 3.50. The number of hydrogen-bond acceptors (Lipinski definition) is 3. The number of nitrogens with two attached hydrogens (primary N) is 1. The minimum Gasteiger partial charge on any atom is -0.496 e. The Labute approximate surface area is 124 Å². The number of hydrogen-bond donors (Lipinski definition) is 1. The zero-order chi connectivity index (χ0) is 14.9. The van der Waals surface area contributed by atoms with E-state index >= 15 is 0 Å². The van der Waals surface area contributed by atoms with Gasteiger partial charge in [-0.2, -0.15) is 5.10 Å². The van der Waals surface area contributed by atoms with Gasteiger partial charge >= 0.3 is 0 Å². The molecule has 1 aromatic carbocycles. The van der Waals surface area contributed by atoms with E-state index in [1.807, 2.05) is 39.1 Å². The quantitative estimate of drug-likeness (QED) is 0.943. The van der Waals surface area contributed by atoms with Gasteiger partial charge in [0, 0.05) is 18.7 Å². The lowest BCUT2D eigenvalue weighted by Gasteiger charge is -2.14. The van der Waals surface area contributed by atoms with Crippen LogP contribution in [0.4, 0.5) is 0 Å². The summed E-state index contributed by atoms with van der Waals surface area (Å²) in [6.45, 7) is 3.96. The average Bonchev–Trinajstić information content (AvgIpc) is 2.66. The molecule has 0 fully saturated rings. The molecule has 4 nitrogen and oxygen atoms in total. The molecule has 1 heterocycles. The van der Waals surface area contributed by atoms with E-state index in [2.05, 4.69) is 5.10 Å². The molecule has 20 heavy (non-hydrogen) atoms. The molecule has 2 N–H and O–H groups in total. The summed E-state index contributed by atoms with van der Waals surface area (Å²) in [5, 5.41) is 4.96. The Bertz CT molecular complexity index is 622. The van der Waals surface area contributed by atoms with Gasteiger partial charge in [0.15, 0.2) is 0 Å². The van der Waals surface area contributed by atoms with Gasteiger partial charge in [-0.3, -0.25) is 4.68 Å². The molecule has 5 heteroatoms. The molecule has 1 unspecified atom stereocenters. The van der Waals surface area contributed by atoms with Gasteiger partial charge < -0.3 is 10.5 Å². The Kier molecular flexibility index (Phi) is 4.35. The van der Waals surface area contributed by atoms with Crippen molar-refractivity contribution in [2.24, 2.45) is 12.8 Å². The highest BCUT2D eigenvalue weighted by Gasteiger charge is 2.16. The van der Waals surface area contributed by atoms with Crippen LogP contribution in [0.3, 0.4) is 0 Å². The van der Waals surface area contributed by atoms with Crippen molar-refractivity contribution in [1.82, 2.24) is 9.78 Å². The van der Waals surface area contributed by atoms with Crippen LogP contribution < -0.4 is 10.5 Å². The van der Waals surface area contributed by atoms with Crippen molar-refractivity contribution in [3.8, 4) is 5.75 Å². The molecule has 0 saturated heterocycles. The highest BCUT2D eigenvalue weighted by molar-refractivity contribution is 6.30. The van der Waals surface area contributed by atoms with Crippen LogP contribution in [0, 0.1) is 13.8 Å². The van der Waals surface area contributed by atoms with Crippen LogP contribution in [0.5, 0.6) is 5.75 Å². The first-order chi connectivity index (χ1) is 9.43. The van der Waals surface area contributed by atoms with Crippen molar-refractivity contribution >= 4 is 11.6 Å². The highest BCUT2D eigenvalue weighted by atomic mass is 35.5. The second kappa shape index (κ2) is 5.85. The molecule has 0 bridgehead atoms. The smallest absolute Gasteiger partial charge is 0.130 e. The van der Waals surface area contributed by atoms with Crippen molar-refractivity contribution in [2.45, 2.75) is 26.3 Å². The van der Waals surface area contributed by atoms with Crippen molar-refractivity contribution in [3.05, 3.63) is 45.7 Å². The summed E-state index contributed by atoms with van der Waals surface area (Å²) in [4.78, 5) is 0. The predicted octanol–water partition coefficient (Wildman–Crippen LogP) is 2.94. The zero-order valence-electron chi connectivity index (χ0n) is 12.3. The fourth-order valence-corrected chi connectivity index (χ4v) is 2.56. The zero-order valence-corrected chi connectivity index (χ0v) is 13.0. The Morgan fingerprint density at radius 1 is 1.40 bits per heavy atom. The van der Waals surface area contributed by atoms with Gasteiger partial charge in [-0.05, 0) is 37.5 Å². The maximum atomic E-state index is 6.30. The highest BCUT2D eigenvalue weighted by Crippen LogP contribution is 2.27. The number of benzene rings is 1. The SMILES string of the molecule is COc1cc(C(N)Cc2c(C)nn(C)c2Cl)ccc1C. The van der Waals surface area contributed by atoms with Crippen molar-refractivity contribution in [2.75, 3.05) is 7.11 Å². The normalized spacial score (nSPS) is 12.5. The van der Waals surface area contributed by atoms with E-state index in [1.54, 1.807) is 11.8 Å². The number of ether oxygens (including phenoxy) is 1. The van der Waals surface area contributed by atoms with Crippen LogP contribution in [0.2, 0.25) is 5.15 Å². The second-order valence-corrected chi connectivity index (χ2v) is 5.38. The maximum absolute atomic E-state index is 6.30. The van der Waals surface area contributed by atoms with E-state index in [0.717, 1.165) is 28.1 Å². The van der Waals surface area contributed by atoms with Crippen LogP contribution in [0.1, 0.15) is 28.4 Å². The molecule has 0 aliphatic carbocycles. The van der Waals surface area contributed by atoms with Crippen molar-refractivity contribution in [3.63, 3.8) is 0 Å². The number of halogens is 1. The first-order valence-electron chi connectivity index (χ1n) is 6.52. The monoisotopic (exact) mass is 293 g/mol. The number of rotatable bonds is 4. The van der Waals surface area contributed by atoms with E-state index in [9.17, 15) is 0 Å². The van der Waals surface area contributed by atoms with Crippen molar-refractivity contribution in [1.29, 1.82) is 0 Å². The molecule has 0 spiro atoms. The van der Waals surface area contributed by atoms with Gasteiger partial charge in [0.05, 0.1) is 12.8 Å². The average molecular weight is 294 g/mol. The summed E-state index contributed by atoms with van der Waals surface area (Å²) in [5.41, 5.74) is 10.4. The van der Waals surface area contributed by atoms with Crippen LogP contribution >= 0.6 is 11.6 Å². The van der Waals surface area contributed by atoms with E-state index < -0.39 is 0 Å². The fraction of sp³-hybridized carbons (Fsp3) is 0.400. The topological polar surface area (TPSA) is 53.1 Å². The molecule has 0 aliphatic heterocycles. The Balaban J connectivity index is 2.26. The van der Waals surface area contributed by atoms with Gasteiger partial charge in [-0.1, -0.05) is 23.7 Å². The van der Waals surface area contributed by atoms with Crippen LogP contribution in [0.25, 0.3) is 0 Å². The second-order valence-electron chi connectivity index (χ2n) is 5.02. The molecule has 2 rings (SSSR count). The molecule has 1 aromatic heterocycles. The minimum absolute atomic E-state index is 0.134. The van der Waals surface area contributed by atoms with E-state index in [0.29, 0.717) is 11.6 Å². The molecule has 108 valence electrons. The van der Waals surface area contributed by atoms with Crippen LogP contribution in [0.15, 0.2) is 18.2 Å². The summed E-state index contributed by atoms with van der Waals surface area (Å²) in [6, 6.07) is 5.90. The minimum atomic E-state index is -0.134. The summed E-state index contributed by atoms with van der Waals surface area (Å²) in [5.74, 6) is 0.854. The van der Waals surface area contributed by atoms with Gasteiger partial charge in [-0.15, -0.1) is 0 Å². The third kappa shape index (κ3) is 2.81. The Morgan fingerprint density at radius 2 is 2.10 bits per heavy atom. The third-order valence-electron chi connectivity index (χ3n) is 3.55. The standard InChI is InChI=1S/C15H20ClN3O/c1-9-5-6-11(7-14(9)20-4)13(17)8-12-10(2)18-19(3)15(12)16/h5-7,13H,8,17H2,1-4H3. The number of methoxy groups -OCH3 is 1. The molecule has 0 amide bonds. The van der Waals surface area contributed by atoms with Gasteiger partial charge in [0.2, 0.25) is 0 Å². The molecule has 0 aliphatic rings. The lowest BCUT2D eigenvalue weighted by atomic mass is 9.99. The van der Waals surface area contributed by atoms with Gasteiger partial charge in [-0.25, -0.2) is 0 Å². The number of nitrogens with zero attached hydrogens (tertiary/aromatic N) is 2. The van der Waals surface area contributed by atoms with E-state index in [4.69, 9.17) is 22.1 Å². The number of aromatic nitrogens is 2. The largest absolute Gasteiger partial charge is 0.496 e. The lowest BCUT2D eigenvalue weighted by Crippen LogP contribution is -2.14.